The van der Waals surface area contributed by atoms with Gasteiger partial charge >= 0.3 is 12.1 Å². The van der Waals surface area contributed by atoms with E-state index >= 15 is 22.0 Å². The van der Waals surface area contributed by atoms with E-state index in [1.54, 1.807) is 0 Å². The number of amides is 1. The van der Waals surface area contributed by atoms with Crippen molar-refractivity contribution in [3.05, 3.63) is 135 Å². The van der Waals surface area contributed by atoms with Crippen molar-refractivity contribution < 1.29 is 53.8 Å². The molecular weight excluding hydrogens is 757 g/mol. The summed E-state index contributed by atoms with van der Waals surface area (Å²) in [6, 6.07) is 13.5. The van der Waals surface area contributed by atoms with Crippen LogP contribution in [0, 0.1) is 41.8 Å². The minimum atomic E-state index is -5.30. The fraction of sp³-hybridized carbons (Fsp3) is 0.111. The summed E-state index contributed by atoms with van der Waals surface area (Å²) in [5, 5.41) is 6.28. The molecule has 0 fully saturated rings. The number of aromatic nitrogens is 4. The predicted octanol–water partition coefficient (Wildman–Crippen LogP) is 9.50. The number of aryl methyl sites for hydroxylation is 3. The summed E-state index contributed by atoms with van der Waals surface area (Å²) in [4.78, 5) is 28.6. The lowest BCUT2D eigenvalue weighted by molar-refractivity contribution is -0.142. The number of benzene rings is 4. The van der Waals surface area contributed by atoms with Gasteiger partial charge in [0.25, 0.3) is 5.91 Å². The van der Waals surface area contributed by atoms with Gasteiger partial charge in [-0.15, -0.1) is 0 Å². The molecule has 6 rings (SSSR count). The average Bonchev–Trinajstić information content (AvgIpc) is 3.63. The molecule has 4 aromatic carbocycles. The van der Waals surface area contributed by atoms with E-state index in [9.17, 15) is 27.2 Å². The van der Waals surface area contributed by atoms with E-state index in [4.69, 9.17) is 16.3 Å². The third-order valence-corrected chi connectivity index (χ3v) is 8.50. The average molecular weight is 778 g/mol. The summed E-state index contributed by atoms with van der Waals surface area (Å²) in [6.45, 7) is 1.30. The first-order chi connectivity index (χ1) is 25.4. The summed E-state index contributed by atoms with van der Waals surface area (Å²) < 4.78 is 143. The van der Waals surface area contributed by atoms with Gasteiger partial charge in [0.2, 0.25) is 11.4 Å². The Hall–Kier alpha value is -6.10. The number of anilines is 2. The summed E-state index contributed by atoms with van der Waals surface area (Å²) >= 11 is 5.94. The van der Waals surface area contributed by atoms with Crippen LogP contribution in [0.4, 0.5) is 50.9 Å². The number of nitrogens with zero attached hydrogens (tertiary/aromatic N) is 5. The van der Waals surface area contributed by atoms with Crippen molar-refractivity contribution in [3.8, 4) is 28.0 Å². The van der Waals surface area contributed by atoms with E-state index in [0.29, 0.717) is 10.7 Å². The highest BCUT2D eigenvalue weighted by Gasteiger charge is 2.43. The van der Waals surface area contributed by atoms with Gasteiger partial charge in [-0.25, -0.2) is 31.1 Å². The minimum Gasteiger partial charge on any atom is -0.417 e. The maximum Gasteiger partial charge on any atom is 0.438 e. The molecule has 0 saturated carbocycles. The second-order valence-corrected chi connectivity index (χ2v) is 11.9. The molecule has 2 aromatic heterocycles. The van der Waals surface area contributed by atoms with Crippen molar-refractivity contribution in [2.45, 2.75) is 13.1 Å². The number of halogens is 10. The molecule has 6 aromatic rings. The third kappa shape index (κ3) is 6.44. The number of hydrogen-bond acceptors (Lipinski definition) is 5. The normalized spacial score (nSPS) is 11.6. The standard InChI is InChI=1S/C36H21ClF9N5O3/c1-16-20(15-49(2)47-16)34(52)51(29-19(17-10-6-4-7-11-17)14-21(38)24(39)27(29)42)30-22(18-12-8-5-9-13-18)23(25(40)26(41)28(30)43)35(53)54-31-32(36(44,45)46)48-50(3)33(31)37/h4-15H,1-3H3. The zero-order valence-corrected chi connectivity index (χ0v) is 28.4. The Bertz CT molecular complexity index is 2470. The van der Waals surface area contributed by atoms with E-state index in [1.165, 1.54) is 62.5 Å². The second-order valence-electron chi connectivity index (χ2n) is 11.6. The van der Waals surface area contributed by atoms with Crippen LogP contribution in [0.15, 0.2) is 72.9 Å². The Morgan fingerprint density at radius 2 is 1.35 bits per heavy atom. The van der Waals surface area contributed by atoms with Crippen LogP contribution >= 0.6 is 11.6 Å². The molecule has 0 spiro atoms. The molecular formula is C36H21ClF9N5O3. The Morgan fingerprint density at radius 1 is 0.778 bits per heavy atom. The molecule has 0 aliphatic carbocycles. The number of ether oxygens (including phenoxy) is 1. The van der Waals surface area contributed by atoms with E-state index in [1.807, 2.05) is 0 Å². The van der Waals surface area contributed by atoms with Crippen molar-refractivity contribution in [3.63, 3.8) is 0 Å². The van der Waals surface area contributed by atoms with Gasteiger partial charge in [-0.1, -0.05) is 72.3 Å². The van der Waals surface area contributed by atoms with Crippen molar-refractivity contribution in [2.75, 3.05) is 4.90 Å². The lowest BCUT2D eigenvalue weighted by Gasteiger charge is -2.30. The van der Waals surface area contributed by atoms with Gasteiger partial charge < -0.3 is 4.74 Å². The second kappa shape index (κ2) is 14.0. The van der Waals surface area contributed by atoms with Gasteiger partial charge in [0.1, 0.15) is 5.56 Å². The minimum absolute atomic E-state index is 0.0688. The number of carbonyl (C=O) groups is 2. The van der Waals surface area contributed by atoms with E-state index in [-0.39, 0.29) is 16.2 Å². The summed E-state index contributed by atoms with van der Waals surface area (Å²) in [6.07, 6.45) is -4.23. The molecule has 0 radical (unpaired) electrons. The third-order valence-electron chi connectivity index (χ3n) is 8.08. The van der Waals surface area contributed by atoms with Gasteiger partial charge in [-0.3, -0.25) is 19.1 Å². The van der Waals surface area contributed by atoms with Crippen LogP contribution in [0.5, 0.6) is 5.75 Å². The van der Waals surface area contributed by atoms with Crippen LogP contribution in [0.1, 0.15) is 32.1 Å². The van der Waals surface area contributed by atoms with Crippen molar-refractivity contribution >= 4 is 34.9 Å². The first kappa shape index (κ1) is 37.7. The smallest absolute Gasteiger partial charge is 0.417 e. The van der Waals surface area contributed by atoms with Crippen molar-refractivity contribution in [2.24, 2.45) is 14.1 Å². The SMILES string of the molecule is Cc1nn(C)cc1C(=O)N(c1c(-c2ccccc2)cc(F)c(F)c1F)c1c(F)c(F)c(F)c(C(=O)Oc2c(C(F)(F)F)nn(C)c2Cl)c1-c1ccccc1. The number of rotatable bonds is 7. The largest absolute Gasteiger partial charge is 0.438 e. The lowest BCUT2D eigenvalue weighted by Crippen LogP contribution is -2.31. The molecule has 1 amide bonds. The molecule has 0 N–H and O–H groups in total. The van der Waals surface area contributed by atoms with Gasteiger partial charge in [-0.2, -0.15) is 23.4 Å². The molecule has 8 nitrogen and oxygen atoms in total. The molecule has 54 heavy (non-hydrogen) atoms. The quantitative estimate of drug-likeness (QED) is 0.0917. The number of carbonyl (C=O) groups excluding carboxylic acids is 2. The highest BCUT2D eigenvalue weighted by Crippen LogP contribution is 2.48. The molecule has 278 valence electrons. The van der Waals surface area contributed by atoms with E-state index in [0.717, 1.165) is 30.1 Å². The highest BCUT2D eigenvalue weighted by atomic mass is 35.5. The van der Waals surface area contributed by atoms with Gasteiger partial charge in [-0.05, 0) is 24.1 Å². The van der Waals surface area contributed by atoms with Crippen LogP contribution in [0.2, 0.25) is 5.15 Å². The highest BCUT2D eigenvalue weighted by molar-refractivity contribution is 6.31. The van der Waals surface area contributed by atoms with Crippen LogP contribution in [0.25, 0.3) is 22.3 Å². The molecule has 18 heteroatoms. The molecule has 0 atom stereocenters. The molecule has 2 heterocycles. The maximum absolute atomic E-state index is 16.7. The molecule has 0 saturated heterocycles. The fourth-order valence-corrected chi connectivity index (χ4v) is 5.89. The van der Waals surface area contributed by atoms with Crippen molar-refractivity contribution in [1.82, 2.24) is 19.6 Å². The Labute approximate surface area is 303 Å². The first-order valence-corrected chi connectivity index (χ1v) is 15.7. The van der Waals surface area contributed by atoms with Gasteiger partial charge in [0, 0.05) is 31.4 Å². The first-order valence-electron chi connectivity index (χ1n) is 15.3. The van der Waals surface area contributed by atoms with Gasteiger partial charge in [0.15, 0.2) is 40.1 Å². The van der Waals surface area contributed by atoms with Crippen molar-refractivity contribution in [1.29, 1.82) is 0 Å². The monoisotopic (exact) mass is 777 g/mol. The lowest BCUT2D eigenvalue weighted by atomic mass is 9.93. The number of alkyl halides is 3. The number of hydrogen-bond donors (Lipinski definition) is 0. The van der Waals surface area contributed by atoms with Crippen LogP contribution in [-0.4, -0.2) is 31.4 Å². The molecule has 0 aliphatic heterocycles. The predicted molar refractivity (Wildman–Crippen MR) is 176 cm³/mol. The van der Waals surface area contributed by atoms with Crippen LogP contribution in [-0.2, 0) is 20.3 Å². The number of esters is 1. The summed E-state index contributed by atoms with van der Waals surface area (Å²) in [5.41, 5.74) is -8.84. The topological polar surface area (TPSA) is 82.2 Å². The Morgan fingerprint density at radius 3 is 1.91 bits per heavy atom. The van der Waals surface area contributed by atoms with E-state index in [2.05, 4.69) is 10.2 Å². The van der Waals surface area contributed by atoms with Gasteiger partial charge in [0.05, 0.1) is 22.6 Å². The van der Waals surface area contributed by atoms with E-state index < -0.39 is 109 Å². The fourth-order valence-electron chi connectivity index (χ4n) is 5.73. The zero-order chi connectivity index (χ0) is 39.4. The Balaban J connectivity index is 1.77. The van der Waals surface area contributed by atoms with Crippen LogP contribution in [0.3, 0.4) is 0 Å². The molecule has 0 bridgehead atoms. The zero-order valence-electron chi connectivity index (χ0n) is 27.7. The molecule has 0 unspecified atom stereocenters. The maximum atomic E-state index is 16.7. The summed E-state index contributed by atoms with van der Waals surface area (Å²) in [5.74, 6) is -18.1. The molecule has 0 aliphatic rings. The Kier molecular flexibility index (Phi) is 9.79. The van der Waals surface area contributed by atoms with Crippen LogP contribution < -0.4 is 9.64 Å². The summed E-state index contributed by atoms with van der Waals surface area (Å²) in [7, 11) is 2.31.